The highest BCUT2D eigenvalue weighted by Crippen LogP contribution is 1.83. The molecule has 0 aromatic heterocycles. The van der Waals surface area contributed by atoms with Gasteiger partial charge in [0, 0.05) is 6.54 Å². The molecule has 1 amide bonds. The van der Waals surface area contributed by atoms with Crippen LogP contribution in [0.1, 0.15) is 13.3 Å². The van der Waals surface area contributed by atoms with Crippen molar-refractivity contribution in [3.05, 3.63) is 0 Å². The summed E-state index contributed by atoms with van der Waals surface area (Å²) in [6, 6.07) is 0. The Balaban J connectivity index is 3.67. The van der Waals surface area contributed by atoms with E-state index in [1.807, 2.05) is 0 Å². The van der Waals surface area contributed by atoms with E-state index < -0.39 is 21.8 Å². The molecule has 0 saturated heterocycles. The minimum Gasteiger partial charge on any atom is -0.355 e. The SMILES string of the molecule is CC(=O)CC(=O)NCCS(=O)(=O)O. The van der Waals surface area contributed by atoms with Gasteiger partial charge in [-0.2, -0.15) is 8.42 Å². The Bertz CT molecular complexity index is 294. The van der Waals surface area contributed by atoms with Crippen molar-refractivity contribution in [2.75, 3.05) is 12.3 Å². The molecule has 0 rings (SSSR count). The average molecular weight is 209 g/mol. The van der Waals surface area contributed by atoms with Gasteiger partial charge in [0.15, 0.2) is 0 Å². The highest BCUT2D eigenvalue weighted by atomic mass is 32.2. The third-order valence-corrected chi connectivity index (χ3v) is 1.81. The van der Waals surface area contributed by atoms with Crippen LogP contribution in [-0.4, -0.2) is 37.0 Å². The lowest BCUT2D eigenvalue weighted by atomic mass is 10.3. The molecule has 13 heavy (non-hydrogen) atoms. The monoisotopic (exact) mass is 209 g/mol. The van der Waals surface area contributed by atoms with Crippen LogP contribution in [-0.2, 0) is 19.7 Å². The van der Waals surface area contributed by atoms with Gasteiger partial charge < -0.3 is 5.32 Å². The maximum Gasteiger partial charge on any atom is 0.266 e. The quantitative estimate of drug-likeness (QED) is 0.445. The molecule has 6 nitrogen and oxygen atoms in total. The fourth-order valence-corrected chi connectivity index (χ4v) is 0.968. The van der Waals surface area contributed by atoms with Gasteiger partial charge in [-0.3, -0.25) is 14.1 Å². The molecule has 0 aromatic rings. The van der Waals surface area contributed by atoms with Gasteiger partial charge in [0.2, 0.25) is 5.91 Å². The van der Waals surface area contributed by atoms with Crippen LogP contribution in [0, 0.1) is 0 Å². The molecule has 0 unspecified atom stereocenters. The van der Waals surface area contributed by atoms with Crippen LogP contribution < -0.4 is 5.32 Å². The number of amides is 1. The van der Waals surface area contributed by atoms with E-state index >= 15 is 0 Å². The summed E-state index contributed by atoms with van der Waals surface area (Å²) in [6.07, 6.45) is -0.272. The maximum absolute atomic E-state index is 10.7. The number of carbonyl (C=O) groups excluding carboxylic acids is 2. The Morgan fingerprint density at radius 1 is 1.38 bits per heavy atom. The largest absolute Gasteiger partial charge is 0.355 e. The molecule has 0 aliphatic rings. The summed E-state index contributed by atoms with van der Waals surface area (Å²) in [6.45, 7) is 1.06. The third kappa shape index (κ3) is 8.96. The first-order chi connectivity index (χ1) is 5.81. The van der Waals surface area contributed by atoms with E-state index in [-0.39, 0.29) is 18.7 Å². The van der Waals surface area contributed by atoms with E-state index in [0.717, 1.165) is 0 Å². The summed E-state index contributed by atoms with van der Waals surface area (Å²) in [5.41, 5.74) is 0. The first kappa shape index (κ1) is 12.0. The highest BCUT2D eigenvalue weighted by molar-refractivity contribution is 7.85. The fraction of sp³-hybridized carbons (Fsp3) is 0.667. The van der Waals surface area contributed by atoms with Crippen molar-refractivity contribution >= 4 is 21.8 Å². The summed E-state index contributed by atoms with van der Waals surface area (Å²) >= 11 is 0. The van der Waals surface area contributed by atoms with Crippen LogP contribution in [0.25, 0.3) is 0 Å². The van der Waals surface area contributed by atoms with Crippen molar-refractivity contribution in [3.63, 3.8) is 0 Å². The van der Waals surface area contributed by atoms with E-state index in [9.17, 15) is 18.0 Å². The number of hydrogen-bond donors (Lipinski definition) is 2. The first-order valence-electron chi connectivity index (χ1n) is 3.52. The van der Waals surface area contributed by atoms with E-state index in [0.29, 0.717) is 0 Å². The second kappa shape index (κ2) is 4.93. The smallest absolute Gasteiger partial charge is 0.266 e. The van der Waals surface area contributed by atoms with Crippen molar-refractivity contribution in [1.82, 2.24) is 5.32 Å². The molecule has 0 heterocycles. The Morgan fingerprint density at radius 3 is 2.31 bits per heavy atom. The van der Waals surface area contributed by atoms with E-state index in [1.165, 1.54) is 6.92 Å². The van der Waals surface area contributed by atoms with Gasteiger partial charge >= 0.3 is 0 Å². The zero-order chi connectivity index (χ0) is 10.5. The Hall–Kier alpha value is -0.950. The van der Waals surface area contributed by atoms with Crippen LogP contribution in [0.4, 0.5) is 0 Å². The molecule has 0 atom stereocenters. The number of Topliss-reactive ketones (excluding diaryl/α,β-unsaturated/α-hetero) is 1. The van der Waals surface area contributed by atoms with Gasteiger partial charge in [-0.25, -0.2) is 0 Å². The van der Waals surface area contributed by atoms with Gasteiger partial charge in [0.05, 0.1) is 12.2 Å². The molecule has 2 N–H and O–H groups in total. The van der Waals surface area contributed by atoms with Gasteiger partial charge in [0.1, 0.15) is 5.78 Å². The van der Waals surface area contributed by atoms with Crippen molar-refractivity contribution < 1.29 is 22.6 Å². The molecule has 0 radical (unpaired) electrons. The molecule has 0 spiro atoms. The Labute approximate surface area is 76.1 Å². The van der Waals surface area contributed by atoms with Crippen LogP contribution in [0.15, 0.2) is 0 Å². The standard InChI is InChI=1S/C6H11NO5S/c1-5(8)4-6(9)7-2-3-13(10,11)12/h2-4H2,1H3,(H,7,9)(H,10,11,12). The van der Waals surface area contributed by atoms with Gasteiger partial charge in [-0.1, -0.05) is 0 Å². The van der Waals surface area contributed by atoms with Crippen LogP contribution in [0.3, 0.4) is 0 Å². The zero-order valence-corrected chi connectivity index (χ0v) is 7.93. The van der Waals surface area contributed by atoms with E-state index in [2.05, 4.69) is 5.32 Å². The summed E-state index contributed by atoms with van der Waals surface area (Å²) in [4.78, 5) is 21.1. The molecule has 0 fully saturated rings. The van der Waals surface area contributed by atoms with Crippen LogP contribution in [0.2, 0.25) is 0 Å². The minimum atomic E-state index is -4.05. The highest BCUT2D eigenvalue weighted by Gasteiger charge is 2.07. The molecule has 0 saturated carbocycles. The number of rotatable bonds is 5. The fourth-order valence-electron chi connectivity index (χ4n) is 0.608. The molecule has 0 bridgehead atoms. The molecule has 7 heteroatoms. The van der Waals surface area contributed by atoms with Crippen molar-refractivity contribution in [1.29, 1.82) is 0 Å². The van der Waals surface area contributed by atoms with E-state index in [4.69, 9.17) is 4.55 Å². The molecular formula is C6H11NO5S. The van der Waals surface area contributed by atoms with Gasteiger partial charge in [0.25, 0.3) is 10.1 Å². The number of hydrogen-bond acceptors (Lipinski definition) is 4. The zero-order valence-electron chi connectivity index (χ0n) is 7.11. The lowest BCUT2D eigenvalue weighted by molar-refractivity contribution is -0.127. The van der Waals surface area contributed by atoms with Crippen molar-refractivity contribution in [2.45, 2.75) is 13.3 Å². The lowest BCUT2D eigenvalue weighted by Crippen LogP contribution is -2.29. The average Bonchev–Trinajstić information content (AvgIpc) is 1.81. The summed E-state index contributed by atoms with van der Waals surface area (Å²) in [5.74, 6) is -1.39. The third-order valence-electron chi connectivity index (χ3n) is 1.09. The molecule has 0 aliphatic heterocycles. The predicted molar refractivity (Wildman–Crippen MR) is 44.7 cm³/mol. The summed E-state index contributed by atoms with van der Waals surface area (Å²) in [5, 5.41) is 2.17. The van der Waals surface area contributed by atoms with Crippen LogP contribution in [0.5, 0.6) is 0 Å². The maximum atomic E-state index is 10.7. The second-order valence-electron chi connectivity index (χ2n) is 2.51. The molecule has 76 valence electrons. The number of nitrogens with one attached hydrogen (secondary N) is 1. The van der Waals surface area contributed by atoms with Gasteiger partial charge in [-0.05, 0) is 6.92 Å². The predicted octanol–water partition coefficient (Wildman–Crippen LogP) is -1.03. The Kier molecular flexibility index (Phi) is 4.57. The van der Waals surface area contributed by atoms with Crippen molar-refractivity contribution in [2.24, 2.45) is 0 Å². The topological polar surface area (TPSA) is 101 Å². The van der Waals surface area contributed by atoms with Gasteiger partial charge in [-0.15, -0.1) is 0 Å². The Morgan fingerprint density at radius 2 is 1.92 bits per heavy atom. The van der Waals surface area contributed by atoms with E-state index in [1.54, 1.807) is 0 Å². The minimum absolute atomic E-state index is 0.190. The second-order valence-corrected chi connectivity index (χ2v) is 4.09. The lowest BCUT2D eigenvalue weighted by Gasteiger charge is -2.00. The number of carbonyl (C=O) groups is 2. The first-order valence-corrected chi connectivity index (χ1v) is 5.13. The molecular weight excluding hydrogens is 198 g/mol. The normalized spacial score (nSPS) is 10.9. The molecule has 0 aromatic carbocycles. The molecule has 0 aliphatic carbocycles. The van der Waals surface area contributed by atoms with Crippen molar-refractivity contribution in [3.8, 4) is 0 Å². The summed E-state index contributed by atoms with van der Waals surface area (Å²) in [7, 11) is -4.05. The van der Waals surface area contributed by atoms with Crippen LogP contribution >= 0.6 is 0 Å². The summed E-state index contributed by atoms with van der Waals surface area (Å²) < 4.78 is 28.6. The number of ketones is 1.